The third-order valence-electron chi connectivity index (χ3n) is 2.58. The summed E-state index contributed by atoms with van der Waals surface area (Å²) in [5, 5.41) is 0.461. The molecule has 0 saturated carbocycles. The molecule has 0 spiro atoms. The number of nitrogens with zero attached hydrogens (tertiary/aromatic N) is 1. The molecule has 5 nitrogen and oxygen atoms in total. The second-order valence-electron chi connectivity index (χ2n) is 4.22. The van der Waals surface area contributed by atoms with Crippen molar-refractivity contribution in [2.75, 3.05) is 24.7 Å². The zero-order valence-electron chi connectivity index (χ0n) is 10.1. The third kappa shape index (κ3) is 4.45. The van der Waals surface area contributed by atoms with E-state index in [-0.39, 0.29) is 30.5 Å². The van der Waals surface area contributed by atoms with Crippen LogP contribution in [0.3, 0.4) is 0 Å². The monoisotopic (exact) mass is 323 g/mol. The minimum absolute atomic E-state index is 0.168. The van der Waals surface area contributed by atoms with Gasteiger partial charge in [0, 0.05) is 5.02 Å². The SMILES string of the molecule is O=S(=O)(Cc1cccc(Cl)c1)N=S1(=O)CCOCC1. The maximum atomic E-state index is 12.2. The van der Waals surface area contributed by atoms with E-state index in [4.69, 9.17) is 16.3 Å². The Morgan fingerprint density at radius 2 is 2.00 bits per heavy atom. The molecule has 0 bridgehead atoms. The Morgan fingerprint density at radius 1 is 1.32 bits per heavy atom. The van der Waals surface area contributed by atoms with Crippen molar-refractivity contribution >= 4 is 31.4 Å². The lowest BCUT2D eigenvalue weighted by Gasteiger charge is -2.15. The minimum atomic E-state index is -3.77. The van der Waals surface area contributed by atoms with Gasteiger partial charge in [0.05, 0.1) is 40.2 Å². The lowest BCUT2D eigenvalue weighted by atomic mass is 10.2. The highest BCUT2D eigenvalue weighted by molar-refractivity contribution is 8.03. The molecular weight excluding hydrogens is 310 g/mol. The van der Waals surface area contributed by atoms with E-state index in [0.29, 0.717) is 10.6 Å². The molecule has 0 N–H and O–H groups in total. The average Bonchev–Trinajstić information content (AvgIpc) is 2.27. The van der Waals surface area contributed by atoms with Gasteiger partial charge < -0.3 is 4.74 Å². The summed E-state index contributed by atoms with van der Waals surface area (Å²) in [5.74, 6) is 0.0506. The highest BCUT2D eigenvalue weighted by atomic mass is 35.5. The number of rotatable bonds is 3. The van der Waals surface area contributed by atoms with Gasteiger partial charge in [0.25, 0.3) is 10.0 Å². The van der Waals surface area contributed by atoms with Gasteiger partial charge >= 0.3 is 0 Å². The summed E-state index contributed by atoms with van der Waals surface area (Å²) in [6.07, 6.45) is 0. The first-order valence-electron chi connectivity index (χ1n) is 5.67. The van der Waals surface area contributed by atoms with Crippen LogP contribution in [-0.2, 0) is 30.2 Å². The fourth-order valence-corrected chi connectivity index (χ4v) is 5.96. The number of ether oxygens (including phenoxy) is 1. The van der Waals surface area contributed by atoms with Crippen molar-refractivity contribution < 1.29 is 17.4 Å². The summed E-state index contributed by atoms with van der Waals surface area (Å²) >= 11 is 5.79. The van der Waals surface area contributed by atoms with E-state index >= 15 is 0 Å². The van der Waals surface area contributed by atoms with Gasteiger partial charge in [0.2, 0.25) is 0 Å². The highest BCUT2D eigenvalue weighted by Crippen LogP contribution is 2.16. The summed E-state index contributed by atoms with van der Waals surface area (Å²) in [5.41, 5.74) is 0.534. The number of halogens is 1. The van der Waals surface area contributed by atoms with Crippen molar-refractivity contribution in [2.24, 2.45) is 3.77 Å². The second kappa shape index (κ2) is 5.78. The molecule has 0 unspecified atom stereocenters. The van der Waals surface area contributed by atoms with Gasteiger partial charge in [-0.15, -0.1) is 3.77 Å². The lowest BCUT2D eigenvalue weighted by Crippen LogP contribution is -2.26. The van der Waals surface area contributed by atoms with Crippen LogP contribution >= 0.6 is 11.6 Å². The minimum Gasteiger partial charge on any atom is -0.379 e. The smallest absolute Gasteiger partial charge is 0.265 e. The summed E-state index contributed by atoms with van der Waals surface area (Å²) in [7, 11) is -6.47. The summed E-state index contributed by atoms with van der Waals surface area (Å²) in [6, 6.07) is 6.54. The molecule has 1 aromatic carbocycles. The molecule has 1 aromatic rings. The Bertz CT molecular complexity index is 666. The predicted octanol–water partition coefficient (Wildman–Crippen LogP) is 1.67. The molecule has 19 heavy (non-hydrogen) atoms. The second-order valence-corrected chi connectivity index (χ2v) is 9.07. The maximum absolute atomic E-state index is 12.2. The van der Waals surface area contributed by atoms with Crippen molar-refractivity contribution in [3.63, 3.8) is 0 Å². The van der Waals surface area contributed by atoms with E-state index in [1.54, 1.807) is 24.3 Å². The van der Waals surface area contributed by atoms with Crippen molar-refractivity contribution in [1.29, 1.82) is 0 Å². The maximum Gasteiger partial charge on any atom is 0.265 e. The van der Waals surface area contributed by atoms with Crippen LogP contribution in [0.1, 0.15) is 5.56 Å². The summed E-state index contributed by atoms with van der Waals surface area (Å²) < 4.78 is 44.8. The molecule has 1 saturated heterocycles. The molecule has 0 aromatic heterocycles. The number of benzene rings is 1. The zero-order chi connectivity index (χ0) is 13.9. The largest absolute Gasteiger partial charge is 0.379 e. The Kier molecular flexibility index (Phi) is 4.50. The third-order valence-corrected chi connectivity index (χ3v) is 7.12. The quantitative estimate of drug-likeness (QED) is 0.848. The molecule has 0 radical (unpaired) electrons. The first-order valence-corrected chi connectivity index (χ1v) is 9.51. The van der Waals surface area contributed by atoms with E-state index in [2.05, 4.69) is 3.77 Å². The van der Waals surface area contributed by atoms with Gasteiger partial charge in [-0.1, -0.05) is 23.7 Å². The van der Waals surface area contributed by atoms with Crippen LogP contribution in [-0.4, -0.2) is 37.3 Å². The first kappa shape index (κ1) is 14.8. The summed E-state index contributed by atoms with van der Waals surface area (Å²) in [4.78, 5) is 0. The number of sulfonamides is 1. The molecule has 1 aliphatic rings. The van der Waals surface area contributed by atoms with Crippen LogP contribution < -0.4 is 0 Å². The van der Waals surface area contributed by atoms with Gasteiger partial charge in [-0.2, -0.15) is 0 Å². The predicted molar refractivity (Wildman–Crippen MR) is 75.2 cm³/mol. The van der Waals surface area contributed by atoms with E-state index < -0.39 is 19.8 Å². The fourth-order valence-electron chi connectivity index (χ4n) is 1.73. The van der Waals surface area contributed by atoms with Crippen LogP contribution in [0.15, 0.2) is 28.0 Å². The molecular formula is C11H14ClNO4S2. The molecule has 1 aliphatic heterocycles. The highest BCUT2D eigenvalue weighted by Gasteiger charge is 2.20. The van der Waals surface area contributed by atoms with Crippen LogP contribution in [0.5, 0.6) is 0 Å². The van der Waals surface area contributed by atoms with Gasteiger partial charge in [-0.05, 0) is 17.7 Å². The zero-order valence-corrected chi connectivity index (χ0v) is 12.5. The standard InChI is InChI=1S/C11H14ClNO4S2/c12-11-3-1-2-10(8-11)9-19(15,16)13-18(14)6-4-17-5-7-18/h1-3,8H,4-7,9H2. The van der Waals surface area contributed by atoms with Crippen LogP contribution in [0.4, 0.5) is 0 Å². The van der Waals surface area contributed by atoms with Crippen LogP contribution in [0.2, 0.25) is 5.02 Å². The van der Waals surface area contributed by atoms with E-state index in [1.165, 1.54) is 0 Å². The Hall–Kier alpha value is -0.630. The Labute approximate surface area is 118 Å². The van der Waals surface area contributed by atoms with Gasteiger partial charge in [-0.3, -0.25) is 0 Å². The van der Waals surface area contributed by atoms with Crippen molar-refractivity contribution in [3.8, 4) is 0 Å². The van der Waals surface area contributed by atoms with Crippen molar-refractivity contribution in [1.82, 2.24) is 0 Å². The van der Waals surface area contributed by atoms with E-state index in [9.17, 15) is 12.6 Å². The molecule has 1 heterocycles. The number of hydrogen-bond donors (Lipinski definition) is 0. The molecule has 0 atom stereocenters. The lowest BCUT2D eigenvalue weighted by molar-refractivity contribution is 0.158. The number of hydrogen-bond acceptors (Lipinski definition) is 4. The van der Waals surface area contributed by atoms with Gasteiger partial charge in [0.15, 0.2) is 0 Å². The molecule has 0 aliphatic carbocycles. The Morgan fingerprint density at radius 3 is 2.63 bits per heavy atom. The normalized spacial score (nSPS) is 19.0. The molecule has 8 heteroatoms. The molecule has 0 amide bonds. The van der Waals surface area contributed by atoms with Crippen molar-refractivity contribution in [2.45, 2.75) is 5.75 Å². The topological polar surface area (TPSA) is 72.8 Å². The first-order chi connectivity index (χ1) is 8.89. The Balaban J connectivity index is 2.24. The van der Waals surface area contributed by atoms with E-state index in [0.717, 1.165) is 0 Å². The van der Waals surface area contributed by atoms with Gasteiger partial charge in [-0.25, -0.2) is 12.6 Å². The fraction of sp³-hybridized carbons (Fsp3) is 0.455. The summed E-state index contributed by atoms with van der Waals surface area (Å²) in [6.45, 7) is 0.573. The van der Waals surface area contributed by atoms with Crippen molar-refractivity contribution in [3.05, 3.63) is 34.9 Å². The molecule has 1 fully saturated rings. The average molecular weight is 324 g/mol. The molecule has 2 rings (SSSR count). The van der Waals surface area contributed by atoms with Gasteiger partial charge in [0.1, 0.15) is 0 Å². The van der Waals surface area contributed by atoms with Crippen LogP contribution in [0, 0.1) is 0 Å². The van der Waals surface area contributed by atoms with Crippen LogP contribution in [0.25, 0.3) is 0 Å². The van der Waals surface area contributed by atoms with E-state index in [1.807, 2.05) is 0 Å². The molecule has 106 valence electrons.